The lowest BCUT2D eigenvalue weighted by Gasteiger charge is -2.37. The van der Waals surface area contributed by atoms with Crippen LogP contribution < -0.4 is 21.1 Å². The number of hydrogen-bond acceptors (Lipinski definition) is 5. The third-order valence-corrected chi connectivity index (χ3v) is 6.53. The van der Waals surface area contributed by atoms with Crippen molar-refractivity contribution in [2.45, 2.75) is 46.3 Å². The predicted molar refractivity (Wildman–Crippen MR) is 139 cm³/mol. The Morgan fingerprint density at radius 2 is 2.00 bits per heavy atom. The minimum atomic E-state index is -0.567. The fourth-order valence-corrected chi connectivity index (χ4v) is 4.56. The lowest BCUT2D eigenvalue weighted by molar-refractivity contribution is -0.122. The van der Waals surface area contributed by atoms with Gasteiger partial charge in [-0.05, 0) is 56.2 Å². The van der Waals surface area contributed by atoms with E-state index in [4.69, 9.17) is 16.6 Å². The number of anilines is 1. The zero-order valence-electron chi connectivity index (χ0n) is 20.4. The average molecular weight is 500 g/mol. The van der Waals surface area contributed by atoms with Gasteiger partial charge < -0.3 is 15.5 Å². The molecule has 0 radical (unpaired) electrons. The number of nitrogens with zero attached hydrogens (tertiary/aromatic N) is 3. The molecule has 3 aromatic rings. The molecule has 0 spiro atoms. The molecule has 0 bridgehead atoms. The Morgan fingerprint density at radius 1 is 1.23 bits per heavy atom. The number of amides is 1. The van der Waals surface area contributed by atoms with Crippen molar-refractivity contribution in [3.8, 4) is 11.4 Å². The number of aromatic nitrogens is 2. The van der Waals surface area contributed by atoms with E-state index in [0.29, 0.717) is 28.4 Å². The lowest BCUT2D eigenvalue weighted by Crippen LogP contribution is -2.53. The number of hydrogen-bond donors (Lipinski definition) is 2. The SMILES string of the molecule is CC(C)NC(=O)Cn1c(-c2ccc(F)c(Cl)c2)nc2ccc(N3CCN[C@@H](C(C)C)C3)cc2c1=O. The van der Waals surface area contributed by atoms with Gasteiger partial charge in [-0.1, -0.05) is 25.4 Å². The molecule has 1 aliphatic rings. The van der Waals surface area contributed by atoms with E-state index in [2.05, 4.69) is 29.4 Å². The van der Waals surface area contributed by atoms with Crippen LogP contribution in [0.2, 0.25) is 5.02 Å². The highest BCUT2D eigenvalue weighted by Crippen LogP contribution is 2.26. The molecule has 0 unspecified atom stereocenters. The van der Waals surface area contributed by atoms with Crippen LogP contribution in [0.15, 0.2) is 41.2 Å². The fraction of sp³-hybridized carbons (Fsp3) is 0.423. The molecule has 2 heterocycles. The number of rotatable bonds is 6. The Hall–Kier alpha value is -2.97. The molecular weight excluding hydrogens is 469 g/mol. The minimum absolute atomic E-state index is 0.0798. The molecule has 1 saturated heterocycles. The Morgan fingerprint density at radius 3 is 2.69 bits per heavy atom. The summed E-state index contributed by atoms with van der Waals surface area (Å²) < 4.78 is 15.1. The lowest BCUT2D eigenvalue weighted by atomic mass is 10.0. The molecule has 186 valence electrons. The summed E-state index contributed by atoms with van der Waals surface area (Å²) >= 11 is 6.01. The summed E-state index contributed by atoms with van der Waals surface area (Å²) in [5.41, 5.74) is 1.57. The summed E-state index contributed by atoms with van der Waals surface area (Å²) in [6, 6.07) is 10.1. The molecule has 35 heavy (non-hydrogen) atoms. The van der Waals surface area contributed by atoms with Gasteiger partial charge >= 0.3 is 0 Å². The maximum Gasteiger partial charge on any atom is 0.262 e. The highest BCUT2D eigenvalue weighted by Gasteiger charge is 2.23. The van der Waals surface area contributed by atoms with E-state index >= 15 is 0 Å². The third-order valence-electron chi connectivity index (χ3n) is 6.24. The number of halogens is 2. The van der Waals surface area contributed by atoms with Gasteiger partial charge in [0.25, 0.3) is 5.56 Å². The van der Waals surface area contributed by atoms with Crippen LogP contribution in [0.4, 0.5) is 10.1 Å². The molecule has 4 rings (SSSR count). The van der Waals surface area contributed by atoms with Crippen LogP contribution in [0.5, 0.6) is 0 Å². The first kappa shape index (κ1) is 25.1. The molecule has 1 fully saturated rings. The largest absolute Gasteiger partial charge is 0.369 e. The second kappa shape index (κ2) is 10.3. The van der Waals surface area contributed by atoms with Crippen LogP contribution >= 0.6 is 11.6 Å². The number of nitrogens with one attached hydrogen (secondary N) is 2. The van der Waals surface area contributed by atoms with E-state index in [0.717, 1.165) is 25.3 Å². The quantitative estimate of drug-likeness (QED) is 0.539. The highest BCUT2D eigenvalue weighted by molar-refractivity contribution is 6.31. The molecule has 9 heteroatoms. The van der Waals surface area contributed by atoms with Crippen LogP contribution in [0, 0.1) is 11.7 Å². The summed E-state index contributed by atoms with van der Waals surface area (Å²) in [6.07, 6.45) is 0. The Balaban J connectivity index is 1.82. The van der Waals surface area contributed by atoms with Gasteiger partial charge in [0.2, 0.25) is 5.91 Å². The number of carbonyl (C=O) groups is 1. The molecule has 0 saturated carbocycles. The zero-order valence-corrected chi connectivity index (χ0v) is 21.2. The van der Waals surface area contributed by atoms with Gasteiger partial charge in [-0.2, -0.15) is 0 Å². The van der Waals surface area contributed by atoms with Gasteiger partial charge in [0.05, 0.1) is 15.9 Å². The fourth-order valence-electron chi connectivity index (χ4n) is 4.38. The van der Waals surface area contributed by atoms with Gasteiger partial charge in [0, 0.05) is 43.0 Å². The molecule has 1 aromatic heterocycles. The molecule has 1 atom stereocenters. The van der Waals surface area contributed by atoms with E-state index in [-0.39, 0.29) is 34.9 Å². The van der Waals surface area contributed by atoms with E-state index in [1.807, 2.05) is 32.0 Å². The van der Waals surface area contributed by atoms with Crippen molar-refractivity contribution in [3.63, 3.8) is 0 Å². The summed E-state index contributed by atoms with van der Waals surface area (Å²) in [4.78, 5) is 33.3. The molecular formula is C26H31ClFN5O2. The molecule has 1 aliphatic heterocycles. The smallest absolute Gasteiger partial charge is 0.262 e. The first-order valence-corrected chi connectivity index (χ1v) is 12.3. The first-order valence-electron chi connectivity index (χ1n) is 11.9. The molecule has 0 aliphatic carbocycles. The van der Waals surface area contributed by atoms with Crippen LogP contribution in [0.25, 0.3) is 22.3 Å². The van der Waals surface area contributed by atoms with Gasteiger partial charge in [-0.15, -0.1) is 0 Å². The van der Waals surface area contributed by atoms with Crippen LogP contribution in [0.3, 0.4) is 0 Å². The van der Waals surface area contributed by atoms with Crippen molar-refractivity contribution >= 4 is 34.1 Å². The van der Waals surface area contributed by atoms with Crippen molar-refractivity contribution in [3.05, 3.63) is 57.6 Å². The van der Waals surface area contributed by atoms with E-state index in [1.165, 1.54) is 22.8 Å². The van der Waals surface area contributed by atoms with Crippen molar-refractivity contribution < 1.29 is 9.18 Å². The monoisotopic (exact) mass is 499 g/mol. The van der Waals surface area contributed by atoms with E-state index in [9.17, 15) is 14.0 Å². The number of fused-ring (bicyclic) bond motifs is 1. The Kier molecular flexibility index (Phi) is 7.42. The Bertz CT molecular complexity index is 1310. The molecule has 2 N–H and O–H groups in total. The summed E-state index contributed by atoms with van der Waals surface area (Å²) in [5, 5.41) is 6.71. The summed E-state index contributed by atoms with van der Waals surface area (Å²) in [5.74, 6) is -0.126. The van der Waals surface area contributed by atoms with E-state index < -0.39 is 5.82 Å². The van der Waals surface area contributed by atoms with Gasteiger partial charge in [-0.25, -0.2) is 9.37 Å². The van der Waals surface area contributed by atoms with Crippen molar-refractivity contribution in [2.24, 2.45) is 5.92 Å². The maximum atomic E-state index is 13.8. The standard InChI is InChI=1S/C26H31ClFN5O2/c1-15(2)23-13-32(10-9-29-23)18-6-8-22-19(12-18)26(35)33(14-24(34)30-16(3)4)25(31-22)17-5-7-21(28)20(27)11-17/h5-8,11-12,15-16,23,29H,9-10,13-14H2,1-4H3,(H,30,34)/t23-/m1/s1. The summed E-state index contributed by atoms with van der Waals surface area (Å²) in [7, 11) is 0. The average Bonchev–Trinajstić information content (AvgIpc) is 2.82. The van der Waals surface area contributed by atoms with Crippen molar-refractivity contribution in [1.29, 1.82) is 0 Å². The van der Waals surface area contributed by atoms with Crippen molar-refractivity contribution in [1.82, 2.24) is 20.2 Å². The number of benzene rings is 2. The van der Waals surface area contributed by atoms with Crippen LogP contribution in [-0.2, 0) is 11.3 Å². The summed E-state index contributed by atoms with van der Waals surface area (Å²) in [6.45, 7) is 10.4. The zero-order chi connectivity index (χ0) is 25.3. The van der Waals surface area contributed by atoms with Gasteiger partial charge in [-0.3, -0.25) is 14.2 Å². The second-order valence-electron chi connectivity index (χ2n) is 9.63. The number of carbonyl (C=O) groups excluding carboxylic acids is 1. The van der Waals surface area contributed by atoms with E-state index in [1.54, 1.807) is 0 Å². The third kappa shape index (κ3) is 5.49. The van der Waals surface area contributed by atoms with Crippen molar-refractivity contribution in [2.75, 3.05) is 24.5 Å². The molecule has 1 amide bonds. The normalized spacial score (nSPS) is 16.3. The second-order valence-corrected chi connectivity index (χ2v) is 10.0. The minimum Gasteiger partial charge on any atom is -0.369 e. The highest BCUT2D eigenvalue weighted by atomic mass is 35.5. The molecule has 2 aromatic carbocycles. The first-order chi connectivity index (χ1) is 16.6. The van der Waals surface area contributed by atoms with Crippen LogP contribution in [0.1, 0.15) is 27.7 Å². The maximum absolute atomic E-state index is 13.8. The number of piperazine rings is 1. The molecule has 7 nitrogen and oxygen atoms in total. The van der Waals surface area contributed by atoms with Gasteiger partial charge in [0.1, 0.15) is 18.2 Å². The van der Waals surface area contributed by atoms with Gasteiger partial charge in [0.15, 0.2) is 0 Å². The Labute approximate surface area is 209 Å². The van der Waals surface area contributed by atoms with Crippen LogP contribution in [-0.4, -0.2) is 47.2 Å². The predicted octanol–water partition coefficient (Wildman–Crippen LogP) is 3.81. The topological polar surface area (TPSA) is 79.3 Å².